The molecular weight excluding hydrogens is 291 g/mol. The highest BCUT2D eigenvalue weighted by atomic mass is 19.1. The van der Waals surface area contributed by atoms with E-state index in [-0.39, 0.29) is 17.3 Å². The van der Waals surface area contributed by atoms with Crippen molar-refractivity contribution < 1.29 is 9.18 Å². The van der Waals surface area contributed by atoms with Gasteiger partial charge in [-0.15, -0.1) is 0 Å². The second-order valence-electron chi connectivity index (χ2n) is 6.05. The van der Waals surface area contributed by atoms with E-state index in [0.29, 0.717) is 11.3 Å². The van der Waals surface area contributed by atoms with Gasteiger partial charge < -0.3 is 4.90 Å². The van der Waals surface area contributed by atoms with E-state index in [9.17, 15) is 9.18 Å². The Morgan fingerprint density at radius 1 is 1.13 bits per heavy atom. The van der Waals surface area contributed by atoms with Crippen LogP contribution >= 0.6 is 0 Å². The molecule has 1 heterocycles. The standard InChI is InChI=1S/C19H17FN2O/c1-19(11-12-19)22(2)18(23)17-10-7-15(13-21-17)4-3-14-5-8-16(20)9-6-14/h5-10,13H,11-12H2,1-2H3. The van der Waals surface area contributed by atoms with Gasteiger partial charge in [0.1, 0.15) is 11.5 Å². The lowest BCUT2D eigenvalue weighted by atomic mass is 10.2. The van der Waals surface area contributed by atoms with E-state index in [1.807, 2.05) is 7.05 Å². The Morgan fingerprint density at radius 2 is 1.74 bits per heavy atom. The number of halogens is 1. The molecule has 1 saturated carbocycles. The van der Waals surface area contributed by atoms with Crippen LogP contribution in [-0.2, 0) is 0 Å². The molecular formula is C19H17FN2O. The summed E-state index contributed by atoms with van der Waals surface area (Å²) < 4.78 is 12.8. The summed E-state index contributed by atoms with van der Waals surface area (Å²) in [7, 11) is 1.82. The number of nitrogens with zero attached hydrogens (tertiary/aromatic N) is 2. The highest BCUT2D eigenvalue weighted by Crippen LogP contribution is 2.40. The fourth-order valence-electron chi connectivity index (χ4n) is 2.21. The van der Waals surface area contributed by atoms with E-state index in [2.05, 4.69) is 23.7 Å². The molecule has 116 valence electrons. The number of benzene rings is 1. The Hall–Kier alpha value is -2.67. The molecule has 4 heteroatoms. The number of hydrogen-bond acceptors (Lipinski definition) is 2. The maximum Gasteiger partial charge on any atom is 0.272 e. The average Bonchev–Trinajstić information content (AvgIpc) is 3.32. The Balaban J connectivity index is 1.72. The van der Waals surface area contributed by atoms with Crippen molar-refractivity contribution >= 4 is 5.91 Å². The van der Waals surface area contributed by atoms with E-state index in [0.717, 1.165) is 18.4 Å². The van der Waals surface area contributed by atoms with Crippen molar-refractivity contribution in [1.29, 1.82) is 0 Å². The first-order valence-electron chi connectivity index (χ1n) is 7.50. The smallest absolute Gasteiger partial charge is 0.272 e. The van der Waals surface area contributed by atoms with Crippen LogP contribution in [0.2, 0.25) is 0 Å². The molecule has 0 aliphatic heterocycles. The maximum absolute atomic E-state index is 12.8. The van der Waals surface area contributed by atoms with Crippen molar-refractivity contribution in [2.45, 2.75) is 25.3 Å². The minimum atomic E-state index is -0.284. The third-order valence-corrected chi connectivity index (χ3v) is 4.27. The fourth-order valence-corrected chi connectivity index (χ4v) is 2.21. The van der Waals surface area contributed by atoms with E-state index in [1.54, 1.807) is 35.4 Å². The zero-order valence-corrected chi connectivity index (χ0v) is 13.1. The predicted molar refractivity (Wildman–Crippen MR) is 86.3 cm³/mol. The van der Waals surface area contributed by atoms with Gasteiger partial charge in [0, 0.05) is 29.9 Å². The molecule has 1 amide bonds. The second kappa shape index (κ2) is 5.85. The van der Waals surface area contributed by atoms with Crippen molar-refractivity contribution in [2.75, 3.05) is 7.05 Å². The van der Waals surface area contributed by atoms with Gasteiger partial charge in [-0.1, -0.05) is 11.8 Å². The average molecular weight is 308 g/mol. The van der Waals surface area contributed by atoms with Gasteiger partial charge in [0.2, 0.25) is 0 Å². The van der Waals surface area contributed by atoms with E-state index in [4.69, 9.17) is 0 Å². The van der Waals surface area contributed by atoms with Gasteiger partial charge in [0.05, 0.1) is 0 Å². The summed E-state index contributed by atoms with van der Waals surface area (Å²) in [5, 5.41) is 0. The van der Waals surface area contributed by atoms with Crippen LogP contribution in [0.3, 0.4) is 0 Å². The van der Waals surface area contributed by atoms with Crippen LogP contribution in [-0.4, -0.2) is 28.4 Å². The zero-order valence-electron chi connectivity index (χ0n) is 13.1. The quantitative estimate of drug-likeness (QED) is 0.798. The number of aromatic nitrogens is 1. The molecule has 0 radical (unpaired) electrons. The number of pyridine rings is 1. The molecule has 0 atom stereocenters. The summed E-state index contributed by atoms with van der Waals surface area (Å²) >= 11 is 0. The minimum Gasteiger partial charge on any atom is -0.335 e. The number of hydrogen-bond donors (Lipinski definition) is 0. The van der Waals surface area contributed by atoms with Crippen LogP contribution in [0.4, 0.5) is 4.39 Å². The first-order chi connectivity index (χ1) is 11.0. The van der Waals surface area contributed by atoms with Crippen LogP contribution in [0.1, 0.15) is 41.4 Å². The van der Waals surface area contributed by atoms with E-state index in [1.165, 1.54) is 12.1 Å². The largest absolute Gasteiger partial charge is 0.335 e. The Bertz CT molecular complexity index is 781. The number of rotatable bonds is 2. The third kappa shape index (κ3) is 3.40. The molecule has 0 bridgehead atoms. The lowest BCUT2D eigenvalue weighted by Gasteiger charge is -2.23. The normalized spacial score (nSPS) is 14.6. The molecule has 1 aliphatic rings. The Labute approximate surface area is 135 Å². The third-order valence-electron chi connectivity index (χ3n) is 4.27. The van der Waals surface area contributed by atoms with Crippen molar-refractivity contribution in [2.24, 2.45) is 0 Å². The number of carbonyl (C=O) groups excluding carboxylic acids is 1. The van der Waals surface area contributed by atoms with Gasteiger partial charge in [0.25, 0.3) is 5.91 Å². The summed E-state index contributed by atoms with van der Waals surface area (Å²) in [5.41, 5.74) is 1.85. The molecule has 1 aromatic carbocycles. The highest BCUT2D eigenvalue weighted by Gasteiger charge is 2.44. The molecule has 0 N–H and O–H groups in total. The molecule has 0 saturated heterocycles. The molecule has 1 aliphatic carbocycles. The molecule has 23 heavy (non-hydrogen) atoms. The SMILES string of the molecule is CN(C(=O)c1ccc(C#Cc2ccc(F)cc2)cn1)C1(C)CC1. The van der Waals surface area contributed by atoms with Crippen LogP contribution in [0, 0.1) is 17.7 Å². The van der Waals surface area contributed by atoms with Gasteiger partial charge in [-0.05, 0) is 56.2 Å². The Kier molecular flexibility index (Phi) is 3.87. The van der Waals surface area contributed by atoms with Crippen molar-refractivity contribution in [3.05, 3.63) is 65.2 Å². The van der Waals surface area contributed by atoms with Crippen molar-refractivity contribution in [3.8, 4) is 11.8 Å². The lowest BCUT2D eigenvalue weighted by Crippen LogP contribution is -2.37. The Morgan fingerprint density at radius 3 is 2.30 bits per heavy atom. The molecule has 2 aromatic rings. The van der Waals surface area contributed by atoms with Gasteiger partial charge >= 0.3 is 0 Å². The lowest BCUT2D eigenvalue weighted by molar-refractivity contribution is 0.0718. The minimum absolute atomic E-state index is 0.0141. The van der Waals surface area contributed by atoms with Crippen molar-refractivity contribution in [3.63, 3.8) is 0 Å². The van der Waals surface area contributed by atoms with E-state index >= 15 is 0 Å². The zero-order chi connectivity index (χ0) is 16.4. The van der Waals surface area contributed by atoms with Crippen LogP contribution in [0.5, 0.6) is 0 Å². The summed E-state index contributed by atoms with van der Waals surface area (Å²) in [6, 6.07) is 9.47. The van der Waals surface area contributed by atoms with Gasteiger partial charge in [0.15, 0.2) is 0 Å². The summed E-state index contributed by atoms with van der Waals surface area (Å²) in [5.74, 6) is 5.55. The molecule has 0 spiro atoms. The monoisotopic (exact) mass is 308 g/mol. The summed E-state index contributed by atoms with van der Waals surface area (Å²) in [6.07, 6.45) is 3.67. The first kappa shape index (κ1) is 15.2. The van der Waals surface area contributed by atoms with Crippen LogP contribution in [0.25, 0.3) is 0 Å². The van der Waals surface area contributed by atoms with E-state index < -0.39 is 0 Å². The number of amides is 1. The van der Waals surface area contributed by atoms with Crippen LogP contribution in [0.15, 0.2) is 42.6 Å². The topological polar surface area (TPSA) is 33.2 Å². The molecule has 1 fully saturated rings. The predicted octanol–water partition coefficient (Wildman–Crippen LogP) is 3.25. The summed E-state index contributed by atoms with van der Waals surface area (Å²) in [6.45, 7) is 2.08. The first-order valence-corrected chi connectivity index (χ1v) is 7.50. The van der Waals surface area contributed by atoms with Gasteiger partial charge in [-0.2, -0.15) is 0 Å². The molecule has 1 aromatic heterocycles. The van der Waals surface area contributed by atoms with Crippen LogP contribution < -0.4 is 0 Å². The molecule has 0 unspecified atom stereocenters. The van der Waals surface area contributed by atoms with Gasteiger partial charge in [-0.25, -0.2) is 9.37 Å². The number of carbonyl (C=O) groups is 1. The van der Waals surface area contributed by atoms with Gasteiger partial charge in [-0.3, -0.25) is 4.79 Å². The molecule has 3 rings (SSSR count). The fraction of sp³-hybridized carbons (Fsp3) is 0.263. The summed E-state index contributed by atoms with van der Waals surface area (Å²) in [4.78, 5) is 18.3. The highest BCUT2D eigenvalue weighted by molar-refractivity contribution is 5.92. The maximum atomic E-state index is 12.8. The molecule has 3 nitrogen and oxygen atoms in total. The second-order valence-corrected chi connectivity index (χ2v) is 6.05. The van der Waals surface area contributed by atoms with Crippen molar-refractivity contribution in [1.82, 2.24) is 9.88 Å².